The molecule has 0 amide bonds. The van der Waals surface area contributed by atoms with Gasteiger partial charge in [-0.3, -0.25) is 4.90 Å². The second-order valence-electron chi connectivity index (χ2n) is 6.31. The van der Waals surface area contributed by atoms with E-state index in [1.54, 1.807) is 6.33 Å². The lowest BCUT2D eigenvalue weighted by molar-refractivity contribution is -0.0634. The summed E-state index contributed by atoms with van der Waals surface area (Å²) in [6, 6.07) is 0.363. The number of nitrogens with two attached hydrogens (primary N) is 1. The summed E-state index contributed by atoms with van der Waals surface area (Å²) in [5.41, 5.74) is 6.28. The highest BCUT2D eigenvalue weighted by atomic mass is 16.3. The van der Waals surface area contributed by atoms with Crippen molar-refractivity contribution in [2.75, 3.05) is 18.8 Å². The average molecular weight is 290 g/mol. The van der Waals surface area contributed by atoms with Gasteiger partial charge in [-0.1, -0.05) is 0 Å². The highest BCUT2D eigenvalue weighted by Crippen LogP contribution is 2.34. The first-order valence-electron chi connectivity index (χ1n) is 7.29. The van der Waals surface area contributed by atoms with Crippen LogP contribution in [-0.4, -0.2) is 54.3 Å². The first-order chi connectivity index (χ1) is 9.90. The van der Waals surface area contributed by atoms with Gasteiger partial charge in [0, 0.05) is 19.1 Å². The molecule has 0 spiro atoms. The molecule has 0 aromatic carbocycles. The van der Waals surface area contributed by atoms with Crippen molar-refractivity contribution >= 4 is 17.0 Å². The van der Waals surface area contributed by atoms with Crippen LogP contribution >= 0.6 is 0 Å². The van der Waals surface area contributed by atoms with E-state index < -0.39 is 5.60 Å². The molecule has 7 nitrogen and oxygen atoms in total. The molecular weight excluding hydrogens is 268 g/mol. The van der Waals surface area contributed by atoms with Gasteiger partial charge < -0.3 is 15.4 Å². The highest BCUT2D eigenvalue weighted by Gasteiger charge is 2.40. The standard InChI is InChI=1S/C14H22N6O/c1-9(2)19-5-4-10(14(3,21)6-19)20-8-18-11-12(15)16-7-17-13(11)20/h7-10,21H,4-6H2,1-3H3,(H2,15,16,17)/t10-,14-/m1/s1. The molecule has 0 saturated carbocycles. The van der Waals surface area contributed by atoms with Crippen molar-refractivity contribution in [1.29, 1.82) is 0 Å². The Morgan fingerprint density at radius 1 is 1.38 bits per heavy atom. The second kappa shape index (κ2) is 4.92. The topological polar surface area (TPSA) is 93.1 Å². The zero-order valence-corrected chi connectivity index (χ0v) is 12.7. The summed E-state index contributed by atoms with van der Waals surface area (Å²) in [5, 5.41) is 10.9. The van der Waals surface area contributed by atoms with E-state index in [1.807, 2.05) is 11.5 Å². The van der Waals surface area contributed by atoms with Crippen molar-refractivity contribution in [3.05, 3.63) is 12.7 Å². The van der Waals surface area contributed by atoms with Crippen LogP contribution in [0.2, 0.25) is 0 Å². The Labute approximate surface area is 123 Å². The van der Waals surface area contributed by atoms with E-state index in [1.165, 1.54) is 6.33 Å². The normalized spacial score (nSPS) is 27.6. The molecular formula is C14H22N6O. The zero-order valence-electron chi connectivity index (χ0n) is 12.7. The van der Waals surface area contributed by atoms with Crippen LogP contribution < -0.4 is 5.73 Å². The minimum atomic E-state index is -0.837. The van der Waals surface area contributed by atoms with Crippen molar-refractivity contribution in [1.82, 2.24) is 24.4 Å². The fraction of sp³-hybridized carbons (Fsp3) is 0.643. The summed E-state index contributed by atoms with van der Waals surface area (Å²) < 4.78 is 1.94. The number of aliphatic hydroxyl groups is 1. The van der Waals surface area contributed by atoms with Gasteiger partial charge in [-0.15, -0.1) is 0 Å². The number of piperidine rings is 1. The zero-order chi connectivity index (χ0) is 15.2. The van der Waals surface area contributed by atoms with E-state index in [-0.39, 0.29) is 6.04 Å². The Hall–Kier alpha value is -1.73. The molecule has 1 fully saturated rings. The maximum atomic E-state index is 10.9. The summed E-state index contributed by atoms with van der Waals surface area (Å²) in [5.74, 6) is 0.373. The van der Waals surface area contributed by atoms with Gasteiger partial charge >= 0.3 is 0 Å². The molecule has 3 heterocycles. The van der Waals surface area contributed by atoms with E-state index in [0.29, 0.717) is 29.6 Å². The van der Waals surface area contributed by atoms with Crippen molar-refractivity contribution in [3.63, 3.8) is 0 Å². The molecule has 2 aromatic rings. The van der Waals surface area contributed by atoms with Gasteiger partial charge in [0.05, 0.1) is 18.0 Å². The third-order valence-electron chi connectivity index (χ3n) is 4.38. The molecule has 0 unspecified atom stereocenters. The largest absolute Gasteiger partial charge is 0.387 e. The minimum absolute atomic E-state index is 0.0631. The van der Waals surface area contributed by atoms with Gasteiger partial charge in [0.2, 0.25) is 0 Å². The van der Waals surface area contributed by atoms with E-state index >= 15 is 0 Å². The predicted octanol–water partition coefficient (Wildman–Crippen LogP) is 0.815. The Morgan fingerprint density at radius 3 is 2.81 bits per heavy atom. The molecule has 0 radical (unpaired) electrons. The molecule has 1 aliphatic rings. The van der Waals surface area contributed by atoms with Crippen LogP contribution in [-0.2, 0) is 0 Å². The first kappa shape index (κ1) is 14.2. The number of nitrogen functional groups attached to an aromatic ring is 1. The van der Waals surface area contributed by atoms with Gasteiger partial charge in [0.25, 0.3) is 0 Å². The lowest BCUT2D eigenvalue weighted by Crippen LogP contribution is -2.54. The number of likely N-dealkylation sites (tertiary alicyclic amines) is 1. The van der Waals surface area contributed by atoms with Crippen molar-refractivity contribution < 1.29 is 5.11 Å². The van der Waals surface area contributed by atoms with E-state index in [2.05, 4.69) is 33.7 Å². The van der Waals surface area contributed by atoms with Crippen LogP contribution in [0.25, 0.3) is 11.2 Å². The summed E-state index contributed by atoms with van der Waals surface area (Å²) in [7, 11) is 0. The maximum Gasteiger partial charge on any atom is 0.165 e. The number of anilines is 1. The second-order valence-corrected chi connectivity index (χ2v) is 6.31. The Morgan fingerprint density at radius 2 is 2.14 bits per heavy atom. The predicted molar refractivity (Wildman–Crippen MR) is 80.7 cm³/mol. The molecule has 114 valence electrons. The lowest BCUT2D eigenvalue weighted by Gasteiger charge is -2.45. The third-order valence-corrected chi connectivity index (χ3v) is 4.38. The Balaban J connectivity index is 1.98. The van der Waals surface area contributed by atoms with Crippen molar-refractivity contribution in [3.8, 4) is 0 Å². The number of aromatic nitrogens is 4. The highest BCUT2D eigenvalue weighted by molar-refractivity contribution is 5.81. The van der Waals surface area contributed by atoms with Crippen molar-refractivity contribution in [2.45, 2.75) is 44.9 Å². The maximum absolute atomic E-state index is 10.9. The van der Waals surface area contributed by atoms with Crippen molar-refractivity contribution in [2.24, 2.45) is 0 Å². The fourth-order valence-corrected chi connectivity index (χ4v) is 3.17. The molecule has 0 aliphatic carbocycles. The summed E-state index contributed by atoms with van der Waals surface area (Å²) in [4.78, 5) is 14.8. The number of hydrogen-bond acceptors (Lipinski definition) is 6. The van der Waals surface area contributed by atoms with Gasteiger partial charge in [-0.25, -0.2) is 15.0 Å². The third kappa shape index (κ3) is 2.36. The molecule has 0 bridgehead atoms. The number of β-amino-alcohol motifs (C(OH)–C–C–N with tert-alkyl or cyclic N) is 1. The van der Waals surface area contributed by atoms with E-state index in [9.17, 15) is 5.11 Å². The van der Waals surface area contributed by atoms with E-state index in [4.69, 9.17) is 5.73 Å². The van der Waals surface area contributed by atoms with Crippen LogP contribution in [0, 0.1) is 0 Å². The van der Waals surface area contributed by atoms with E-state index in [0.717, 1.165) is 13.0 Å². The van der Waals surface area contributed by atoms with Crippen LogP contribution in [0.5, 0.6) is 0 Å². The molecule has 3 N–H and O–H groups in total. The van der Waals surface area contributed by atoms with Crippen LogP contribution in [0.15, 0.2) is 12.7 Å². The SMILES string of the molecule is CC(C)N1CC[C@@H](n2cnc3c(N)ncnc32)[C@](C)(O)C1. The molecule has 1 saturated heterocycles. The summed E-state index contributed by atoms with van der Waals surface area (Å²) >= 11 is 0. The first-order valence-corrected chi connectivity index (χ1v) is 7.29. The minimum Gasteiger partial charge on any atom is -0.387 e. The number of imidazole rings is 1. The lowest BCUT2D eigenvalue weighted by atomic mass is 9.88. The molecule has 7 heteroatoms. The number of fused-ring (bicyclic) bond motifs is 1. The quantitative estimate of drug-likeness (QED) is 0.850. The van der Waals surface area contributed by atoms with Gasteiger partial charge in [0.1, 0.15) is 11.8 Å². The van der Waals surface area contributed by atoms with Gasteiger partial charge in [0.15, 0.2) is 11.5 Å². The van der Waals surface area contributed by atoms with Crippen LogP contribution in [0.1, 0.15) is 33.2 Å². The Kier molecular flexibility index (Phi) is 3.33. The molecule has 2 aromatic heterocycles. The van der Waals surface area contributed by atoms with Crippen LogP contribution in [0.4, 0.5) is 5.82 Å². The number of nitrogens with zero attached hydrogens (tertiary/aromatic N) is 5. The number of rotatable bonds is 2. The molecule has 1 aliphatic heterocycles. The smallest absolute Gasteiger partial charge is 0.165 e. The fourth-order valence-electron chi connectivity index (χ4n) is 3.17. The average Bonchev–Trinajstić information content (AvgIpc) is 2.82. The van der Waals surface area contributed by atoms with Gasteiger partial charge in [-0.2, -0.15) is 0 Å². The summed E-state index contributed by atoms with van der Waals surface area (Å²) in [6.07, 6.45) is 3.99. The number of hydrogen-bond donors (Lipinski definition) is 2. The monoisotopic (exact) mass is 290 g/mol. The van der Waals surface area contributed by atoms with Gasteiger partial charge in [-0.05, 0) is 27.2 Å². The molecule has 3 rings (SSSR count). The molecule has 21 heavy (non-hydrogen) atoms. The summed E-state index contributed by atoms with van der Waals surface area (Å²) in [6.45, 7) is 7.75. The Bertz CT molecular complexity index is 650. The molecule has 2 atom stereocenters. The van der Waals surface area contributed by atoms with Crippen LogP contribution in [0.3, 0.4) is 0 Å².